The fraction of sp³-hybridized carbons (Fsp3) is 0. The van der Waals surface area contributed by atoms with Crippen LogP contribution in [0.1, 0.15) is 0 Å². The summed E-state index contributed by atoms with van der Waals surface area (Å²) >= 11 is 0. The van der Waals surface area contributed by atoms with Crippen LogP contribution in [0.2, 0.25) is 0 Å². The molecule has 9 aromatic carbocycles. The summed E-state index contributed by atoms with van der Waals surface area (Å²) in [5.41, 5.74) is 14.1. The number of fused-ring (bicyclic) bond motifs is 9. The monoisotopic (exact) mass is 807 g/mol. The van der Waals surface area contributed by atoms with Crippen molar-refractivity contribution in [3.8, 4) is 67.5 Å². The molecule has 0 amide bonds. The highest BCUT2D eigenvalue weighted by Crippen LogP contribution is 2.45. The van der Waals surface area contributed by atoms with Gasteiger partial charge in [0.15, 0.2) is 17.5 Å². The van der Waals surface area contributed by atoms with Crippen molar-refractivity contribution >= 4 is 65.8 Å². The largest absolute Gasteiger partial charge is 0.456 e. The molecule has 4 heterocycles. The molecule has 0 unspecified atom stereocenters. The van der Waals surface area contributed by atoms with Crippen molar-refractivity contribution in [1.82, 2.24) is 15.0 Å². The minimum absolute atomic E-state index is 0.557. The van der Waals surface area contributed by atoms with Gasteiger partial charge in [-0.15, -0.1) is 0 Å². The zero-order valence-corrected chi connectivity index (χ0v) is 33.6. The summed E-state index contributed by atoms with van der Waals surface area (Å²) in [7, 11) is 0. The van der Waals surface area contributed by atoms with E-state index in [1.165, 1.54) is 0 Å². The molecule has 63 heavy (non-hydrogen) atoms. The number of benzene rings is 9. The normalized spacial score (nSPS) is 11.8. The van der Waals surface area contributed by atoms with Gasteiger partial charge in [-0.05, 0) is 58.7 Å². The quantitative estimate of drug-likeness (QED) is 0.166. The SMILES string of the molecule is c1ccc(-c2nc(-c3ccc(-c4cccc5c4oc4ccccc45)cc3)nc(-c3cccc4oc5ccc(-c6c(-c7ccccc7)ccc7oc8ccccc8c67)cc5c34)n2)cc1. The van der Waals surface area contributed by atoms with Crippen LogP contribution in [-0.4, -0.2) is 15.0 Å². The van der Waals surface area contributed by atoms with E-state index in [2.05, 4.69) is 127 Å². The van der Waals surface area contributed by atoms with Gasteiger partial charge in [-0.25, -0.2) is 15.0 Å². The van der Waals surface area contributed by atoms with Gasteiger partial charge in [0.1, 0.15) is 33.5 Å². The smallest absolute Gasteiger partial charge is 0.164 e. The van der Waals surface area contributed by atoms with Crippen LogP contribution in [-0.2, 0) is 0 Å². The van der Waals surface area contributed by atoms with Crippen LogP contribution < -0.4 is 0 Å². The van der Waals surface area contributed by atoms with E-state index in [0.29, 0.717) is 17.5 Å². The Morgan fingerprint density at radius 1 is 0.270 bits per heavy atom. The van der Waals surface area contributed by atoms with Crippen LogP contribution in [0.15, 0.2) is 213 Å². The third-order valence-corrected chi connectivity index (χ3v) is 12.2. The number of furan rings is 3. The molecule has 4 aromatic heterocycles. The van der Waals surface area contributed by atoms with Gasteiger partial charge in [-0.1, -0.05) is 164 Å². The van der Waals surface area contributed by atoms with Gasteiger partial charge >= 0.3 is 0 Å². The number of hydrogen-bond acceptors (Lipinski definition) is 6. The standard InChI is InChI=1S/C57H33N3O3/c1-3-13-34(14-4-1)39-30-32-50-53(43-18-8-10-23-47(43)61-50)51(39)38-29-31-48-45(33-38)52-44(21-12-24-49(52)62-48)57-59-55(36-15-5-2-6-16-36)58-56(60-57)37-27-25-35(26-28-37)40-19-11-20-42-41-17-7-9-22-46(41)63-54(40)42/h1-33H. The molecule has 0 aliphatic rings. The maximum absolute atomic E-state index is 6.60. The van der Waals surface area contributed by atoms with Gasteiger partial charge in [0, 0.05) is 60.1 Å². The molecule has 0 N–H and O–H groups in total. The minimum Gasteiger partial charge on any atom is -0.456 e. The molecule has 0 radical (unpaired) electrons. The van der Waals surface area contributed by atoms with Crippen molar-refractivity contribution in [3.05, 3.63) is 200 Å². The molecule has 0 aliphatic carbocycles. The molecule has 13 rings (SSSR count). The first-order chi connectivity index (χ1) is 31.2. The van der Waals surface area contributed by atoms with Crippen LogP contribution in [0.25, 0.3) is 133 Å². The Bertz CT molecular complexity index is 3900. The Hall–Kier alpha value is -8.61. The average molecular weight is 808 g/mol. The summed E-state index contributed by atoms with van der Waals surface area (Å²) in [4.78, 5) is 15.5. The van der Waals surface area contributed by atoms with Crippen molar-refractivity contribution < 1.29 is 13.3 Å². The first-order valence-electron chi connectivity index (χ1n) is 21.0. The molecule has 6 nitrogen and oxygen atoms in total. The number of para-hydroxylation sites is 3. The lowest BCUT2D eigenvalue weighted by molar-refractivity contribution is 0.669. The van der Waals surface area contributed by atoms with Crippen molar-refractivity contribution in [2.45, 2.75) is 0 Å². The maximum atomic E-state index is 6.60. The Morgan fingerprint density at radius 2 is 0.778 bits per heavy atom. The minimum atomic E-state index is 0.557. The summed E-state index contributed by atoms with van der Waals surface area (Å²) in [5, 5.41) is 6.26. The van der Waals surface area contributed by atoms with E-state index in [-0.39, 0.29) is 0 Å². The van der Waals surface area contributed by atoms with E-state index < -0.39 is 0 Å². The highest BCUT2D eigenvalue weighted by Gasteiger charge is 2.22. The topological polar surface area (TPSA) is 78.1 Å². The van der Waals surface area contributed by atoms with E-state index in [9.17, 15) is 0 Å². The Labute approximate surface area is 360 Å². The van der Waals surface area contributed by atoms with Gasteiger partial charge in [0.25, 0.3) is 0 Å². The van der Waals surface area contributed by atoms with Gasteiger partial charge < -0.3 is 13.3 Å². The van der Waals surface area contributed by atoms with Crippen molar-refractivity contribution in [2.24, 2.45) is 0 Å². The van der Waals surface area contributed by atoms with Gasteiger partial charge in [-0.2, -0.15) is 0 Å². The molecule has 0 aliphatic heterocycles. The predicted molar refractivity (Wildman–Crippen MR) is 254 cm³/mol. The summed E-state index contributed by atoms with van der Waals surface area (Å²) in [5.74, 6) is 1.72. The Morgan fingerprint density at radius 3 is 1.56 bits per heavy atom. The van der Waals surface area contributed by atoms with E-state index in [0.717, 1.165) is 116 Å². The highest BCUT2D eigenvalue weighted by atomic mass is 16.3. The first kappa shape index (κ1) is 35.2. The lowest BCUT2D eigenvalue weighted by atomic mass is 9.90. The van der Waals surface area contributed by atoms with Gasteiger partial charge in [0.05, 0.1) is 0 Å². The molecule has 0 saturated heterocycles. The zero-order valence-electron chi connectivity index (χ0n) is 33.6. The average Bonchev–Trinajstić information content (AvgIpc) is 4.05. The lowest BCUT2D eigenvalue weighted by Gasteiger charge is -2.13. The number of hydrogen-bond donors (Lipinski definition) is 0. The van der Waals surface area contributed by atoms with Crippen LogP contribution in [0, 0.1) is 0 Å². The molecule has 0 atom stereocenters. The molecule has 294 valence electrons. The molecular weight excluding hydrogens is 775 g/mol. The van der Waals surface area contributed by atoms with Crippen LogP contribution in [0.4, 0.5) is 0 Å². The highest BCUT2D eigenvalue weighted by molar-refractivity contribution is 6.18. The Balaban J connectivity index is 0.989. The van der Waals surface area contributed by atoms with Crippen LogP contribution in [0.5, 0.6) is 0 Å². The molecule has 6 heteroatoms. The number of aromatic nitrogens is 3. The van der Waals surface area contributed by atoms with Crippen LogP contribution >= 0.6 is 0 Å². The fourth-order valence-electron chi connectivity index (χ4n) is 9.26. The van der Waals surface area contributed by atoms with Crippen molar-refractivity contribution in [3.63, 3.8) is 0 Å². The summed E-state index contributed by atoms with van der Waals surface area (Å²) < 4.78 is 19.4. The van der Waals surface area contributed by atoms with Crippen molar-refractivity contribution in [2.75, 3.05) is 0 Å². The summed E-state index contributed by atoms with van der Waals surface area (Å²) in [6.45, 7) is 0. The third kappa shape index (κ3) is 5.69. The number of rotatable bonds is 6. The molecular formula is C57H33N3O3. The van der Waals surface area contributed by atoms with E-state index in [4.69, 9.17) is 28.2 Å². The lowest BCUT2D eigenvalue weighted by Crippen LogP contribution is -2.00. The second-order valence-corrected chi connectivity index (χ2v) is 15.8. The summed E-state index contributed by atoms with van der Waals surface area (Å²) in [6, 6.07) is 68.6. The van der Waals surface area contributed by atoms with Gasteiger partial charge in [-0.3, -0.25) is 0 Å². The molecule has 13 aromatic rings. The molecule has 0 saturated carbocycles. The van der Waals surface area contributed by atoms with E-state index >= 15 is 0 Å². The molecule has 0 bridgehead atoms. The number of nitrogens with zero attached hydrogens (tertiary/aromatic N) is 3. The van der Waals surface area contributed by atoms with E-state index in [1.54, 1.807) is 0 Å². The maximum Gasteiger partial charge on any atom is 0.164 e. The summed E-state index contributed by atoms with van der Waals surface area (Å²) in [6.07, 6.45) is 0. The third-order valence-electron chi connectivity index (χ3n) is 12.2. The van der Waals surface area contributed by atoms with Gasteiger partial charge in [0.2, 0.25) is 0 Å². The fourth-order valence-corrected chi connectivity index (χ4v) is 9.26. The van der Waals surface area contributed by atoms with E-state index in [1.807, 2.05) is 72.8 Å². The molecule has 0 fully saturated rings. The molecule has 0 spiro atoms. The second kappa shape index (κ2) is 14.0. The van der Waals surface area contributed by atoms with Crippen molar-refractivity contribution in [1.29, 1.82) is 0 Å². The predicted octanol–water partition coefficient (Wildman–Crippen LogP) is 15.6. The van der Waals surface area contributed by atoms with Crippen LogP contribution in [0.3, 0.4) is 0 Å². The Kier molecular flexibility index (Phi) is 7.80. The second-order valence-electron chi connectivity index (χ2n) is 15.8. The first-order valence-corrected chi connectivity index (χ1v) is 21.0. The zero-order chi connectivity index (χ0) is 41.4.